The van der Waals surface area contributed by atoms with Gasteiger partial charge >= 0.3 is 0 Å². The van der Waals surface area contributed by atoms with Crippen LogP contribution in [0.25, 0.3) is 0 Å². The second-order valence-corrected chi connectivity index (χ2v) is 6.68. The van der Waals surface area contributed by atoms with E-state index < -0.39 is 0 Å². The fourth-order valence-electron chi connectivity index (χ4n) is 3.63. The summed E-state index contributed by atoms with van der Waals surface area (Å²) in [5, 5.41) is 12.8. The lowest BCUT2D eigenvalue weighted by Gasteiger charge is -2.36. The van der Waals surface area contributed by atoms with Crippen LogP contribution in [-0.2, 0) is 5.54 Å². The first-order chi connectivity index (χ1) is 11.7. The van der Waals surface area contributed by atoms with E-state index in [1.165, 1.54) is 12.8 Å². The summed E-state index contributed by atoms with van der Waals surface area (Å²) < 4.78 is 11.7. The van der Waals surface area contributed by atoms with E-state index in [-0.39, 0.29) is 18.2 Å². The summed E-state index contributed by atoms with van der Waals surface area (Å²) in [6.07, 6.45) is 11.6. The van der Waals surface area contributed by atoms with Crippen LogP contribution in [-0.4, -0.2) is 24.9 Å². The topological polar surface area (TPSA) is 50.7 Å². The Hall–Kier alpha value is -1.94. The van der Waals surface area contributed by atoms with Crippen molar-refractivity contribution >= 4 is 0 Å². The van der Waals surface area contributed by atoms with Gasteiger partial charge in [-0.25, -0.2) is 0 Å². The maximum Gasteiger partial charge on any atom is 0.161 e. The Kier molecular flexibility index (Phi) is 5.14. The number of hydrogen-bond acceptors (Lipinski definition) is 4. The van der Waals surface area contributed by atoms with E-state index in [2.05, 4.69) is 30.4 Å². The van der Waals surface area contributed by atoms with Crippen LogP contribution in [0.15, 0.2) is 42.1 Å². The first-order valence-electron chi connectivity index (χ1n) is 8.77. The molecule has 0 radical (unpaired) electrons. The number of hydrogen-bond donors (Lipinski definition) is 2. The number of rotatable bonds is 6. The minimum absolute atomic E-state index is 0.137. The molecule has 1 aliphatic carbocycles. The van der Waals surface area contributed by atoms with Crippen molar-refractivity contribution in [3.8, 4) is 11.5 Å². The molecule has 1 aromatic carbocycles. The highest BCUT2D eigenvalue weighted by Crippen LogP contribution is 2.39. The molecule has 2 N–H and O–H groups in total. The Morgan fingerprint density at radius 2 is 2.04 bits per heavy atom. The molecule has 2 aliphatic rings. The predicted octanol–water partition coefficient (Wildman–Crippen LogP) is 3.66. The van der Waals surface area contributed by atoms with Gasteiger partial charge in [0.05, 0.1) is 18.8 Å². The van der Waals surface area contributed by atoms with Gasteiger partial charge in [-0.1, -0.05) is 12.1 Å². The fraction of sp³-hybridized carbons (Fsp3) is 0.500. The molecular formula is C20H27NO3. The second-order valence-electron chi connectivity index (χ2n) is 6.68. The molecule has 1 fully saturated rings. The van der Waals surface area contributed by atoms with Crippen molar-refractivity contribution in [2.75, 3.05) is 13.7 Å². The summed E-state index contributed by atoms with van der Waals surface area (Å²) in [6.45, 7) is 2.28. The summed E-state index contributed by atoms with van der Waals surface area (Å²) in [7, 11) is 1.68. The zero-order valence-electron chi connectivity index (χ0n) is 14.5. The van der Waals surface area contributed by atoms with Gasteiger partial charge in [-0.2, -0.15) is 0 Å². The maximum absolute atomic E-state index is 9.39. The maximum atomic E-state index is 9.39. The molecule has 0 bridgehead atoms. The molecule has 4 heteroatoms. The van der Waals surface area contributed by atoms with Gasteiger partial charge < -0.3 is 19.9 Å². The van der Waals surface area contributed by atoms with E-state index in [4.69, 9.17) is 9.47 Å². The second kappa shape index (κ2) is 7.31. The van der Waals surface area contributed by atoms with Gasteiger partial charge in [-0.3, -0.25) is 0 Å². The lowest BCUT2D eigenvalue weighted by Crippen LogP contribution is -2.40. The van der Waals surface area contributed by atoms with E-state index in [1.54, 1.807) is 7.11 Å². The zero-order valence-corrected chi connectivity index (χ0v) is 14.5. The molecule has 1 heterocycles. The quantitative estimate of drug-likeness (QED) is 0.836. The molecule has 0 saturated heterocycles. The third-order valence-electron chi connectivity index (χ3n) is 5.13. The Morgan fingerprint density at radius 1 is 1.25 bits per heavy atom. The van der Waals surface area contributed by atoms with E-state index in [9.17, 15) is 5.11 Å². The summed E-state index contributed by atoms with van der Waals surface area (Å²) in [4.78, 5) is 0. The van der Waals surface area contributed by atoms with Crippen molar-refractivity contribution in [2.24, 2.45) is 0 Å². The highest BCUT2D eigenvalue weighted by atomic mass is 16.5. The molecule has 130 valence electrons. The van der Waals surface area contributed by atoms with Crippen LogP contribution in [0.4, 0.5) is 0 Å². The minimum atomic E-state index is -0.350. The predicted molar refractivity (Wildman–Crippen MR) is 95.3 cm³/mol. The molecule has 1 aromatic rings. The number of aliphatic hydroxyl groups is 1. The average molecular weight is 329 g/mol. The molecule has 0 spiro atoms. The number of methoxy groups -OCH3 is 1. The van der Waals surface area contributed by atoms with Crippen LogP contribution in [0.2, 0.25) is 0 Å². The van der Waals surface area contributed by atoms with Crippen molar-refractivity contribution in [1.29, 1.82) is 0 Å². The van der Waals surface area contributed by atoms with Crippen LogP contribution < -0.4 is 14.8 Å². The minimum Gasteiger partial charge on any atom is -0.493 e. The van der Waals surface area contributed by atoms with Crippen molar-refractivity contribution in [3.63, 3.8) is 0 Å². The van der Waals surface area contributed by atoms with E-state index in [0.29, 0.717) is 6.42 Å². The molecule has 3 rings (SSSR count). The molecular weight excluding hydrogens is 302 g/mol. The molecule has 24 heavy (non-hydrogen) atoms. The van der Waals surface area contributed by atoms with Gasteiger partial charge in [-0.15, -0.1) is 0 Å². The number of benzene rings is 1. The summed E-state index contributed by atoms with van der Waals surface area (Å²) in [6, 6.07) is 6.12. The van der Waals surface area contributed by atoms with Gasteiger partial charge in [0.1, 0.15) is 0 Å². The number of nitrogens with one attached hydrogen (secondary N) is 1. The van der Waals surface area contributed by atoms with Crippen LogP contribution in [0.1, 0.15) is 44.6 Å². The van der Waals surface area contributed by atoms with Crippen LogP contribution in [0.5, 0.6) is 11.5 Å². The van der Waals surface area contributed by atoms with Gasteiger partial charge in [-0.05, 0) is 74.6 Å². The highest BCUT2D eigenvalue weighted by molar-refractivity contribution is 5.49. The van der Waals surface area contributed by atoms with Crippen molar-refractivity contribution in [1.82, 2.24) is 5.32 Å². The van der Waals surface area contributed by atoms with Crippen LogP contribution in [0, 0.1) is 0 Å². The monoisotopic (exact) mass is 329 g/mol. The summed E-state index contributed by atoms with van der Waals surface area (Å²) in [5.41, 5.74) is 1.92. The van der Waals surface area contributed by atoms with Crippen LogP contribution >= 0.6 is 0 Å². The number of dihydropyridines is 1. The molecule has 0 amide bonds. The van der Waals surface area contributed by atoms with Crippen molar-refractivity contribution < 1.29 is 14.6 Å². The number of ether oxygens (including phenoxy) is 2. The van der Waals surface area contributed by atoms with Crippen LogP contribution in [0.3, 0.4) is 0 Å². The summed E-state index contributed by atoms with van der Waals surface area (Å²) in [5.74, 6) is 1.58. The standard InChI is InChI=1S/C20H27NO3/c1-20(15(11-13-22)6-5-12-21-20)16-9-10-18(23-2)19(14-16)24-17-7-3-4-8-17/h5-6,9-10,12,14,17,21-22H,3-4,7-8,11,13H2,1-2H3. The van der Waals surface area contributed by atoms with E-state index >= 15 is 0 Å². The molecule has 1 unspecified atom stereocenters. The average Bonchev–Trinajstić information content (AvgIpc) is 3.10. The third kappa shape index (κ3) is 3.29. The smallest absolute Gasteiger partial charge is 0.161 e. The Bertz CT molecular complexity index is 632. The van der Waals surface area contributed by atoms with Gasteiger partial charge in [0, 0.05) is 6.61 Å². The number of allylic oxidation sites excluding steroid dienone is 2. The van der Waals surface area contributed by atoms with E-state index in [1.807, 2.05) is 18.3 Å². The lowest BCUT2D eigenvalue weighted by atomic mass is 9.81. The lowest BCUT2D eigenvalue weighted by molar-refractivity contribution is 0.200. The Morgan fingerprint density at radius 3 is 2.75 bits per heavy atom. The molecule has 0 aromatic heterocycles. The first-order valence-corrected chi connectivity index (χ1v) is 8.77. The molecule has 1 atom stereocenters. The Balaban J connectivity index is 1.92. The molecule has 1 saturated carbocycles. The van der Waals surface area contributed by atoms with Crippen molar-refractivity contribution in [3.05, 3.63) is 47.7 Å². The first kappa shape index (κ1) is 16.9. The number of aliphatic hydroxyl groups excluding tert-OH is 1. The Labute approximate surface area is 144 Å². The van der Waals surface area contributed by atoms with Gasteiger partial charge in [0.25, 0.3) is 0 Å². The molecule has 1 aliphatic heterocycles. The van der Waals surface area contributed by atoms with Gasteiger partial charge in [0.2, 0.25) is 0 Å². The zero-order chi connectivity index (χ0) is 17.0. The third-order valence-corrected chi connectivity index (χ3v) is 5.13. The SMILES string of the molecule is COc1ccc(C2(C)NC=CC=C2CCO)cc1OC1CCCC1. The highest BCUT2D eigenvalue weighted by Gasteiger charge is 2.32. The largest absolute Gasteiger partial charge is 0.493 e. The van der Waals surface area contributed by atoms with Gasteiger partial charge in [0.15, 0.2) is 11.5 Å². The summed E-state index contributed by atoms with van der Waals surface area (Å²) >= 11 is 0. The van der Waals surface area contributed by atoms with Crippen molar-refractivity contribution in [2.45, 2.75) is 50.7 Å². The normalized spacial score (nSPS) is 23.7. The molecule has 4 nitrogen and oxygen atoms in total. The fourth-order valence-corrected chi connectivity index (χ4v) is 3.63. The van der Waals surface area contributed by atoms with E-state index in [0.717, 1.165) is 35.5 Å².